The van der Waals surface area contributed by atoms with Crippen molar-refractivity contribution < 1.29 is 9.16 Å². The molecule has 0 radical (unpaired) electrons. The van der Waals surface area contributed by atoms with Crippen molar-refractivity contribution in [2.24, 2.45) is 0 Å². The first kappa shape index (κ1) is 12.0. The average molecular weight is 240 g/mol. The summed E-state index contributed by atoms with van der Waals surface area (Å²) >= 11 is 0. The lowest BCUT2D eigenvalue weighted by atomic mass is 10.2. The molecule has 0 unspecified atom stereocenters. The Labute approximate surface area is 98.8 Å². The van der Waals surface area contributed by atoms with E-state index < -0.39 is 0 Å². The predicted octanol–water partition coefficient (Wildman–Crippen LogP) is -0.673. The van der Waals surface area contributed by atoms with Crippen molar-refractivity contribution in [3.63, 3.8) is 0 Å². The zero-order chi connectivity index (χ0) is 12.3. The van der Waals surface area contributed by atoms with E-state index in [4.69, 9.17) is 4.74 Å². The van der Waals surface area contributed by atoms with Gasteiger partial charge in [0.1, 0.15) is 0 Å². The number of morpholine rings is 1. The van der Waals surface area contributed by atoms with E-state index in [0.29, 0.717) is 27.1 Å². The molecule has 2 rings (SSSR count). The van der Waals surface area contributed by atoms with E-state index in [9.17, 15) is 10.1 Å². The Balaban J connectivity index is 2.03. The molecule has 7 heteroatoms. The van der Waals surface area contributed by atoms with Gasteiger partial charge in [-0.05, 0) is 6.92 Å². The lowest BCUT2D eigenvalue weighted by molar-refractivity contribution is -0.511. The lowest BCUT2D eigenvalue weighted by Gasteiger charge is -2.26. The number of nitrogens with zero attached hydrogens (tertiary/aromatic N) is 4. The van der Waals surface area contributed by atoms with Crippen LogP contribution < -0.4 is 4.43 Å². The van der Waals surface area contributed by atoms with Gasteiger partial charge in [-0.25, -0.2) is 0 Å². The zero-order valence-electron chi connectivity index (χ0n) is 9.83. The van der Waals surface area contributed by atoms with Gasteiger partial charge in [-0.2, -0.15) is 4.85 Å². The molecule has 1 aliphatic heterocycles. The maximum absolute atomic E-state index is 11.5. The van der Waals surface area contributed by atoms with Gasteiger partial charge in [0.2, 0.25) is 0 Å². The fourth-order valence-electron chi connectivity index (χ4n) is 1.90. The van der Waals surface area contributed by atoms with Crippen LogP contribution in [0.4, 0.5) is 0 Å². The van der Waals surface area contributed by atoms with Gasteiger partial charge >= 0.3 is 6.33 Å². The average Bonchev–Trinajstić information content (AvgIpc) is 2.35. The van der Waals surface area contributed by atoms with Crippen molar-refractivity contribution in [3.8, 4) is 0 Å². The molecular weight excluding hydrogens is 224 g/mol. The fraction of sp³-hybridized carbons (Fsp3) is 0.700. The van der Waals surface area contributed by atoms with Crippen LogP contribution in [0.3, 0.4) is 0 Å². The van der Waals surface area contributed by atoms with Crippen LogP contribution in [0.1, 0.15) is 11.4 Å². The Morgan fingerprint density at radius 2 is 2.24 bits per heavy atom. The first-order valence-electron chi connectivity index (χ1n) is 5.66. The van der Waals surface area contributed by atoms with Crippen molar-refractivity contribution in [2.45, 2.75) is 13.3 Å². The summed E-state index contributed by atoms with van der Waals surface area (Å²) in [7, 11) is 0. The molecular formula is C10H16N4O3. The second-order valence-corrected chi connectivity index (χ2v) is 4.07. The Kier molecular flexibility index (Phi) is 3.70. The monoisotopic (exact) mass is 240 g/mol. The second kappa shape index (κ2) is 5.24. The van der Waals surface area contributed by atoms with Crippen LogP contribution in [0, 0.1) is 17.0 Å². The molecule has 0 aliphatic carbocycles. The van der Waals surface area contributed by atoms with Crippen LogP contribution >= 0.6 is 0 Å². The van der Waals surface area contributed by atoms with Gasteiger partial charge in [-0.3, -0.25) is 4.90 Å². The van der Waals surface area contributed by atoms with Gasteiger partial charge in [0.15, 0.2) is 5.69 Å². The summed E-state index contributed by atoms with van der Waals surface area (Å²) in [5.41, 5.74) is 0.859. The van der Waals surface area contributed by atoms with Crippen LogP contribution in [-0.2, 0) is 11.2 Å². The minimum Gasteiger partial charge on any atom is -0.773 e. The standard InChI is InChI=1S/C10H16N4O3/c1-9-10(13(15)8-11-14(9)16)2-3-12-4-6-17-7-5-12/h8H,2-7H2,1H3. The van der Waals surface area contributed by atoms with Crippen molar-refractivity contribution in [1.82, 2.24) is 14.8 Å². The molecule has 1 aromatic heterocycles. The topological polar surface area (TPSA) is 76.3 Å². The Hall–Kier alpha value is -1.47. The molecule has 0 amide bonds. The quantitative estimate of drug-likeness (QED) is 0.655. The van der Waals surface area contributed by atoms with Gasteiger partial charge in [0.05, 0.1) is 18.9 Å². The third-order valence-electron chi connectivity index (χ3n) is 3.00. The summed E-state index contributed by atoms with van der Waals surface area (Å²) < 4.78 is 5.92. The molecule has 1 saturated heterocycles. The largest absolute Gasteiger partial charge is 0.773 e. The molecule has 0 saturated carbocycles. The third kappa shape index (κ3) is 2.80. The molecule has 0 atom stereocenters. The summed E-state index contributed by atoms with van der Waals surface area (Å²) in [4.78, 5) is 14.2. The summed E-state index contributed by atoms with van der Waals surface area (Å²) in [5, 5.41) is 14.7. The molecule has 1 fully saturated rings. The van der Waals surface area contributed by atoms with Crippen LogP contribution in [0.5, 0.6) is 0 Å². The van der Waals surface area contributed by atoms with Crippen LogP contribution in [0.2, 0.25) is 0 Å². The van der Waals surface area contributed by atoms with Crippen molar-refractivity contribution >= 4 is 0 Å². The van der Waals surface area contributed by atoms with Crippen LogP contribution in [0.25, 0.3) is 0 Å². The van der Waals surface area contributed by atoms with Crippen LogP contribution in [0.15, 0.2) is 6.33 Å². The van der Waals surface area contributed by atoms with Crippen molar-refractivity contribution in [2.75, 3.05) is 32.8 Å². The Bertz CT molecular complexity index is 440. The molecule has 2 heterocycles. The van der Waals surface area contributed by atoms with Crippen molar-refractivity contribution in [3.05, 3.63) is 27.8 Å². The molecule has 94 valence electrons. The fourth-order valence-corrected chi connectivity index (χ4v) is 1.90. The van der Waals surface area contributed by atoms with Gasteiger partial charge in [0.25, 0.3) is 0 Å². The highest BCUT2D eigenvalue weighted by molar-refractivity contribution is 5.04. The number of ether oxygens (including phenoxy) is 1. The minimum absolute atomic E-state index is 0.371. The lowest BCUT2D eigenvalue weighted by Crippen LogP contribution is -2.39. The molecule has 1 aromatic rings. The van der Waals surface area contributed by atoms with Gasteiger partial charge < -0.3 is 9.94 Å². The Morgan fingerprint density at radius 1 is 1.53 bits per heavy atom. The highest BCUT2D eigenvalue weighted by atomic mass is 16.5. The van der Waals surface area contributed by atoms with E-state index in [0.717, 1.165) is 39.2 Å². The molecule has 7 nitrogen and oxygen atoms in total. The molecule has 1 aliphatic rings. The molecule has 0 N–H and O–H groups in total. The predicted molar refractivity (Wildman–Crippen MR) is 60.1 cm³/mol. The van der Waals surface area contributed by atoms with Gasteiger partial charge in [-0.1, -0.05) is 4.91 Å². The summed E-state index contributed by atoms with van der Waals surface area (Å²) in [6.45, 7) is 5.59. The smallest absolute Gasteiger partial charge is 0.355 e. The normalized spacial score (nSPS) is 17.2. The van der Waals surface area contributed by atoms with E-state index in [1.165, 1.54) is 0 Å². The van der Waals surface area contributed by atoms with E-state index in [1.54, 1.807) is 6.92 Å². The summed E-state index contributed by atoms with van der Waals surface area (Å²) in [6.07, 6.45) is 1.56. The van der Waals surface area contributed by atoms with E-state index in [-0.39, 0.29) is 0 Å². The van der Waals surface area contributed by atoms with Crippen molar-refractivity contribution in [1.29, 1.82) is 0 Å². The molecule has 0 aromatic carbocycles. The summed E-state index contributed by atoms with van der Waals surface area (Å²) in [5.74, 6) is 0. The van der Waals surface area contributed by atoms with Gasteiger partial charge in [0, 0.05) is 35.6 Å². The number of hydrogen-bond acceptors (Lipinski definition) is 5. The zero-order valence-corrected chi connectivity index (χ0v) is 9.83. The number of rotatable bonds is 3. The molecule has 0 bridgehead atoms. The maximum Gasteiger partial charge on any atom is 0.355 e. The van der Waals surface area contributed by atoms with E-state index in [2.05, 4.69) is 10.00 Å². The molecule has 0 spiro atoms. The maximum atomic E-state index is 11.5. The minimum atomic E-state index is 0.371. The number of aromatic nitrogens is 3. The number of hydrogen-bond donors (Lipinski definition) is 0. The van der Waals surface area contributed by atoms with E-state index in [1.807, 2.05) is 0 Å². The summed E-state index contributed by atoms with van der Waals surface area (Å²) in [6, 6.07) is 0. The van der Waals surface area contributed by atoms with E-state index >= 15 is 0 Å². The molecule has 17 heavy (non-hydrogen) atoms. The third-order valence-corrected chi connectivity index (χ3v) is 3.00. The highest BCUT2D eigenvalue weighted by Gasteiger charge is 2.15. The second-order valence-electron chi connectivity index (χ2n) is 4.07. The van der Waals surface area contributed by atoms with Crippen LogP contribution in [-0.4, -0.2) is 47.7 Å². The first-order chi connectivity index (χ1) is 8.18. The highest BCUT2D eigenvalue weighted by Crippen LogP contribution is 2.03. The van der Waals surface area contributed by atoms with Gasteiger partial charge in [-0.15, -0.1) is 0 Å². The SMILES string of the molecule is Cc1c(CCN2CCOCC2)[n+](=O)cnn1[O-]. The first-order valence-corrected chi connectivity index (χ1v) is 5.66. The Morgan fingerprint density at radius 3 is 2.94 bits per heavy atom.